The predicted molar refractivity (Wildman–Crippen MR) is 145 cm³/mol. The molecule has 0 fully saturated rings. The Balaban J connectivity index is 1.61. The third-order valence-corrected chi connectivity index (χ3v) is 6.32. The smallest absolute Gasteiger partial charge is 0.354 e. The molecule has 9 heteroatoms. The second-order valence-corrected chi connectivity index (χ2v) is 9.23. The van der Waals surface area contributed by atoms with Crippen molar-refractivity contribution in [3.63, 3.8) is 0 Å². The van der Waals surface area contributed by atoms with Gasteiger partial charge in [0.25, 0.3) is 0 Å². The molecule has 0 saturated heterocycles. The first-order chi connectivity index (χ1) is 19.5. The number of pyridine rings is 1. The number of nitrogens with one attached hydrogen (secondary N) is 1. The van der Waals surface area contributed by atoms with Crippen molar-refractivity contribution in [2.24, 2.45) is 0 Å². The van der Waals surface area contributed by atoms with E-state index in [-0.39, 0.29) is 23.0 Å². The molecule has 0 aliphatic heterocycles. The fourth-order valence-electron chi connectivity index (χ4n) is 4.33. The van der Waals surface area contributed by atoms with E-state index in [2.05, 4.69) is 10.3 Å². The summed E-state index contributed by atoms with van der Waals surface area (Å²) in [5.74, 6) is -0.187. The molecule has 3 nitrogen and oxygen atoms in total. The number of hydrogen-bond acceptors (Lipinski definition) is 3. The van der Waals surface area contributed by atoms with Crippen LogP contribution in [-0.4, -0.2) is 10.8 Å². The van der Waals surface area contributed by atoms with E-state index in [0.29, 0.717) is 45.8 Å². The molecule has 0 saturated carbocycles. The maximum absolute atomic E-state index is 13.6. The minimum absolute atomic E-state index is 0.102. The molecule has 206 valence electrons. The van der Waals surface area contributed by atoms with Crippen LogP contribution in [-0.2, 0) is 12.4 Å². The zero-order chi connectivity index (χ0) is 29.2. The van der Waals surface area contributed by atoms with Gasteiger partial charge in [0, 0.05) is 23.0 Å². The number of anilines is 2. The molecule has 1 aromatic heterocycles. The van der Waals surface area contributed by atoms with Crippen LogP contribution in [0.5, 0.6) is 0 Å². The number of nitrogens with zero attached hydrogens (tertiary/aromatic N) is 1. The maximum Gasteiger partial charge on any atom is 0.416 e. The van der Waals surface area contributed by atoms with Crippen molar-refractivity contribution in [2.45, 2.75) is 12.4 Å². The van der Waals surface area contributed by atoms with Gasteiger partial charge in [-0.05, 0) is 70.8 Å². The van der Waals surface area contributed by atoms with E-state index in [1.54, 1.807) is 79.0 Å². The van der Waals surface area contributed by atoms with Gasteiger partial charge in [-0.15, -0.1) is 0 Å². The fourth-order valence-corrected chi connectivity index (χ4v) is 4.33. The lowest BCUT2D eigenvalue weighted by Gasteiger charge is -2.16. The van der Waals surface area contributed by atoms with Crippen LogP contribution in [0.4, 0.5) is 37.7 Å². The van der Waals surface area contributed by atoms with Gasteiger partial charge in [0.2, 0.25) is 0 Å². The third kappa shape index (κ3) is 6.46. The number of aromatic nitrogens is 1. The largest absolute Gasteiger partial charge is 0.416 e. The number of carbonyl (C=O) groups is 1. The van der Waals surface area contributed by atoms with Crippen molar-refractivity contribution in [1.82, 2.24) is 4.98 Å². The molecule has 0 aliphatic rings. The number of rotatable bonds is 6. The van der Waals surface area contributed by atoms with Crippen molar-refractivity contribution in [2.75, 3.05) is 5.32 Å². The van der Waals surface area contributed by atoms with Crippen LogP contribution in [0.25, 0.3) is 22.3 Å². The molecular weight excluding hydrogens is 542 g/mol. The molecule has 0 spiro atoms. The molecule has 0 atom stereocenters. The summed E-state index contributed by atoms with van der Waals surface area (Å²) in [6.45, 7) is 0. The summed E-state index contributed by atoms with van der Waals surface area (Å²) >= 11 is 0. The van der Waals surface area contributed by atoms with Crippen molar-refractivity contribution in [3.05, 3.63) is 138 Å². The van der Waals surface area contributed by atoms with E-state index in [0.717, 1.165) is 0 Å². The molecule has 5 aromatic rings. The molecule has 4 aromatic carbocycles. The molecule has 41 heavy (non-hydrogen) atoms. The van der Waals surface area contributed by atoms with E-state index < -0.39 is 23.5 Å². The van der Waals surface area contributed by atoms with Gasteiger partial charge in [0.15, 0.2) is 5.78 Å². The van der Waals surface area contributed by atoms with E-state index >= 15 is 0 Å². The average molecular weight is 563 g/mol. The lowest BCUT2D eigenvalue weighted by molar-refractivity contribution is -0.143. The lowest BCUT2D eigenvalue weighted by Crippen LogP contribution is -2.11. The van der Waals surface area contributed by atoms with E-state index in [1.165, 1.54) is 18.3 Å². The topological polar surface area (TPSA) is 42.0 Å². The summed E-state index contributed by atoms with van der Waals surface area (Å²) in [5.41, 5.74) is 0.117. The summed E-state index contributed by atoms with van der Waals surface area (Å²) in [5, 5.41) is 3.10. The molecule has 5 rings (SSSR count). The minimum Gasteiger partial charge on any atom is -0.354 e. The van der Waals surface area contributed by atoms with Gasteiger partial charge in [-0.2, -0.15) is 26.3 Å². The van der Waals surface area contributed by atoms with Crippen molar-refractivity contribution < 1.29 is 31.1 Å². The summed E-state index contributed by atoms with van der Waals surface area (Å²) in [4.78, 5) is 16.8. The van der Waals surface area contributed by atoms with Crippen LogP contribution in [0.1, 0.15) is 27.0 Å². The number of alkyl halides is 6. The molecule has 1 heterocycles. The van der Waals surface area contributed by atoms with Crippen LogP contribution in [0.15, 0.2) is 116 Å². The Morgan fingerprint density at radius 2 is 1.12 bits per heavy atom. The first-order valence-corrected chi connectivity index (χ1v) is 12.3. The van der Waals surface area contributed by atoms with Crippen LogP contribution >= 0.6 is 0 Å². The second-order valence-electron chi connectivity index (χ2n) is 9.23. The summed E-state index contributed by atoms with van der Waals surface area (Å²) in [6, 6.07) is 24.9. The highest BCUT2D eigenvalue weighted by molar-refractivity contribution is 6.09. The van der Waals surface area contributed by atoms with Gasteiger partial charge >= 0.3 is 12.4 Å². The van der Waals surface area contributed by atoms with Gasteiger partial charge < -0.3 is 5.32 Å². The van der Waals surface area contributed by atoms with Gasteiger partial charge in [0.05, 0.1) is 23.0 Å². The minimum atomic E-state index is -4.98. The van der Waals surface area contributed by atoms with Crippen LogP contribution in [0.2, 0.25) is 0 Å². The van der Waals surface area contributed by atoms with Crippen LogP contribution in [0, 0.1) is 0 Å². The lowest BCUT2D eigenvalue weighted by atomic mass is 9.94. The average Bonchev–Trinajstić information content (AvgIpc) is 2.96. The Morgan fingerprint density at radius 1 is 0.561 bits per heavy atom. The second kappa shape index (κ2) is 10.9. The molecular formula is C32H20F6N2O. The van der Waals surface area contributed by atoms with E-state index in [9.17, 15) is 31.1 Å². The van der Waals surface area contributed by atoms with E-state index in [4.69, 9.17) is 0 Å². The predicted octanol–water partition coefficient (Wildman–Crippen LogP) is 9.43. The standard InChI is InChI=1S/C32H20F6N2O/c33-31(34,35)26-14-25(15-27(18-26)32(36,37)38)24-13-23(16-29(17-24)40-28-7-4-12-39-19-28)20-8-10-22(11-9-20)30(41)21-5-2-1-3-6-21/h1-19,40H. The van der Waals surface area contributed by atoms with Gasteiger partial charge in [-0.3, -0.25) is 9.78 Å². The molecule has 0 unspecified atom stereocenters. The Labute approximate surface area is 231 Å². The first-order valence-electron chi connectivity index (χ1n) is 12.3. The Kier molecular flexibility index (Phi) is 7.36. The highest BCUT2D eigenvalue weighted by Gasteiger charge is 2.37. The maximum atomic E-state index is 13.6. The third-order valence-electron chi connectivity index (χ3n) is 6.32. The van der Waals surface area contributed by atoms with Crippen molar-refractivity contribution in [3.8, 4) is 22.3 Å². The van der Waals surface area contributed by atoms with Crippen LogP contribution < -0.4 is 5.32 Å². The number of benzene rings is 4. The first kappa shape index (κ1) is 27.6. The zero-order valence-corrected chi connectivity index (χ0v) is 21.1. The SMILES string of the molecule is O=C(c1ccccc1)c1ccc(-c2cc(Nc3cccnc3)cc(-c3cc(C(F)(F)F)cc(C(F)(F)F)c3)c2)cc1. The van der Waals surface area contributed by atoms with E-state index in [1.807, 2.05) is 0 Å². The van der Waals surface area contributed by atoms with Gasteiger partial charge in [-0.25, -0.2) is 0 Å². The van der Waals surface area contributed by atoms with Crippen molar-refractivity contribution in [1.29, 1.82) is 0 Å². The summed E-state index contributed by atoms with van der Waals surface area (Å²) in [6.07, 6.45) is -6.87. The summed E-state index contributed by atoms with van der Waals surface area (Å²) < 4.78 is 81.4. The van der Waals surface area contributed by atoms with Gasteiger partial charge in [-0.1, -0.05) is 54.6 Å². The number of ketones is 1. The Morgan fingerprint density at radius 3 is 1.68 bits per heavy atom. The fraction of sp³-hybridized carbons (Fsp3) is 0.0625. The van der Waals surface area contributed by atoms with Crippen molar-refractivity contribution >= 4 is 17.2 Å². The number of carbonyl (C=O) groups excluding carboxylic acids is 1. The molecule has 0 radical (unpaired) electrons. The highest BCUT2D eigenvalue weighted by Crippen LogP contribution is 2.40. The highest BCUT2D eigenvalue weighted by atomic mass is 19.4. The normalized spacial score (nSPS) is 11.8. The number of halogens is 6. The molecule has 0 amide bonds. The number of hydrogen-bond donors (Lipinski definition) is 1. The molecule has 1 N–H and O–H groups in total. The zero-order valence-electron chi connectivity index (χ0n) is 21.1. The Bertz CT molecular complexity index is 1650. The molecule has 0 bridgehead atoms. The summed E-state index contributed by atoms with van der Waals surface area (Å²) in [7, 11) is 0. The van der Waals surface area contributed by atoms with Crippen LogP contribution in [0.3, 0.4) is 0 Å². The Hall–Kier alpha value is -4.92. The molecule has 0 aliphatic carbocycles. The quantitative estimate of drug-likeness (QED) is 0.166. The van der Waals surface area contributed by atoms with Gasteiger partial charge in [0.1, 0.15) is 0 Å². The monoisotopic (exact) mass is 562 g/mol.